The average Bonchev–Trinajstić information content (AvgIpc) is 3.17. The van der Waals surface area contributed by atoms with Crippen LogP contribution in [0.15, 0.2) is 34.9 Å². The van der Waals surface area contributed by atoms with Crippen molar-refractivity contribution in [3.63, 3.8) is 0 Å². The van der Waals surface area contributed by atoms with Crippen molar-refractivity contribution in [3.05, 3.63) is 41.9 Å². The van der Waals surface area contributed by atoms with Gasteiger partial charge in [0.1, 0.15) is 5.76 Å². The molecular formula is C15H15N3O3S. The number of ether oxygens (including phenoxy) is 1. The van der Waals surface area contributed by atoms with Gasteiger partial charge in [-0.2, -0.15) is 8.75 Å². The summed E-state index contributed by atoms with van der Waals surface area (Å²) in [6, 6.07) is 7.35. The van der Waals surface area contributed by atoms with E-state index in [1.165, 1.54) is 6.20 Å². The number of carbonyl (C=O) groups is 1. The van der Waals surface area contributed by atoms with Crippen molar-refractivity contribution in [1.29, 1.82) is 0 Å². The molecule has 3 rings (SSSR count). The maximum Gasteiger partial charge on any atom is 0.273 e. The first kappa shape index (κ1) is 14.5. The highest BCUT2D eigenvalue weighted by molar-refractivity contribution is 6.99. The molecule has 114 valence electrons. The van der Waals surface area contributed by atoms with Crippen molar-refractivity contribution in [3.8, 4) is 5.75 Å². The largest absolute Gasteiger partial charge is 0.490 e. The second-order valence-corrected chi connectivity index (χ2v) is 5.30. The molecular weight excluding hydrogens is 302 g/mol. The van der Waals surface area contributed by atoms with Gasteiger partial charge >= 0.3 is 0 Å². The predicted octanol–water partition coefficient (Wildman–Crippen LogP) is 3.17. The lowest BCUT2D eigenvalue weighted by Crippen LogP contribution is -2.26. The molecule has 0 radical (unpaired) electrons. The van der Waals surface area contributed by atoms with Gasteiger partial charge < -0.3 is 14.5 Å². The normalized spacial score (nSPS) is 12.3. The second kappa shape index (κ2) is 6.15. The quantitative estimate of drug-likeness (QED) is 0.782. The predicted molar refractivity (Wildman–Crippen MR) is 83.2 cm³/mol. The molecule has 0 saturated heterocycles. The number of para-hydroxylation sites is 1. The molecule has 7 heteroatoms. The third-order valence-corrected chi connectivity index (χ3v) is 3.67. The summed E-state index contributed by atoms with van der Waals surface area (Å²) in [4.78, 5) is 12.0. The number of hydrogen-bond acceptors (Lipinski definition) is 6. The van der Waals surface area contributed by atoms with E-state index in [0.29, 0.717) is 29.4 Å². The summed E-state index contributed by atoms with van der Waals surface area (Å²) in [5.74, 6) is 1.10. The standard InChI is InChI=1S/C15H15N3O3S/c1-3-20-12-6-4-5-10-7-13(21-14(10)12)9(2)17-15(19)11-8-16-22-18-11/h4-9H,3H2,1-2H3,(H,17,19). The van der Waals surface area contributed by atoms with Gasteiger partial charge in [-0.1, -0.05) is 12.1 Å². The Bertz CT molecular complexity index is 783. The molecule has 1 N–H and O–H groups in total. The zero-order valence-corrected chi connectivity index (χ0v) is 13.0. The topological polar surface area (TPSA) is 77.2 Å². The molecule has 22 heavy (non-hydrogen) atoms. The Labute approximate surface area is 131 Å². The van der Waals surface area contributed by atoms with Crippen molar-refractivity contribution in [2.24, 2.45) is 0 Å². The van der Waals surface area contributed by atoms with E-state index in [1.54, 1.807) is 0 Å². The molecule has 0 aliphatic carbocycles. The van der Waals surface area contributed by atoms with Gasteiger partial charge in [0.25, 0.3) is 5.91 Å². The molecule has 3 aromatic rings. The summed E-state index contributed by atoms with van der Waals surface area (Å²) in [6.45, 7) is 4.35. The highest BCUT2D eigenvalue weighted by Gasteiger charge is 2.18. The molecule has 0 spiro atoms. The fourth-order valence-electron chi connectivity index (χ4n) is 2.15. The number of hydrogen-bond donors (Lipinski definition) is 1. The minimum Gasteiger partial charge on any atom is -0.490 e. The van der Waals surface area contributed by atoms with Crippen LogP contribution in [0, 0.1) is 0 Å². The van der Waals surface area contributed by atoms with Crippen molar-refractivity contribution in [1.82, 2.24) is 14.1 Å². The van der Waals surface area contributed by atoms with Crippen LogP contribution in [0.1, 0.15) is 36.1 Å². The number of aromatic nitrogens is 2. The molecule has 2 aromatic heterocycles. The van der Waals surface area contributed by atoms with Crippen LogP contribution in [0.4, 0.5) is 0 Å². The van der Waals surface area contributed by atoms with Crippen molar-refractivity contribution >= 4 is 28.6 Å². The lowest BCUT2D eigenvalue weighted by Gasteiger charge is -2.09. The third kappa shape index (κ3) is 2.80. The number of benzene rings is 1. The van der Waals surface area contributed by atoms with Crippen LogP contribution in [-0.4, -0.2) is 21.3 Å². The molecule has 0 aliphatic rings. The fourth-order valence-corrected chi connectivity index (χ4v) is 2.56. The number of fused-ring (bicyclic) bond motifs is 1. The zero-order valence-electron chi connectivity index (χ0n) is 12.2. The molecule has 2 heterocycles. The lowest BCUT2D eigenvalue weighted by atomic mass is 10.2. The Morgan fingerprint density at radius 2 is 2.36 bits per heavy atom. The van der Waals surface area contributed by atoms with E-state index in [0.717, 1.165) is 17.1 Å². The summed E-state index contributed by atoms with van der Waals surface area (Å²) in [7, 11) is 0. The van der Waals surface area contributed by atoms with E-state index in [9.17, 15) is 4.79 Å². The highest BCUT2D eigenvalue weighted by atomic mass is 32.1. The molecule has 0 saturated carbocycles. The van der Waals surface area contributed by atoms with E-state index in [-0.39, 0.29) is 11.9 Å². The van der Waals surface area contributed by atoms with E-state index >= 15 is 0 Å². The van der Waals surface area contributed by atoms with Crippen LogP contribution < -0.4 is 10.1 Å². The Kier molecular flexibility index (Phi) is 4.06. The lowest BCUT2D eigenvalue weighted by molar-refractivity contribution is 0.0931. The number of nitrogens with one attached hydrogen (secondary N) is 1. The number of rotatable bonds is 5. The SMILES string of the molecule is CCOc1cccc2cc(C(C)NC(=O)c3cnsn3)oc12. The van der Waals surface area contributed by atoms with E-state index in [2.05, 4.69) is 14.1 Å². The Hall–Kier alpha value is -2.41. The molecule has 1 amide bonds. The smallest absolute Gasteiger partial charge is 0.273 e. The van der Waals surface area contributed by atoms with Crippen LogP contribution >= 0.6 is 11.7 Å². The van der Waals surface area contributed by atoms with Crippen LogP contribution in [-0.2, 0) is 0 Å². The van der Waals surface area contributed by atoms with Gasteiger partial charge in [-0.05, 0) is 26.0 Å². The Morgan fingerprint density at radius 3 is 3.09 bits per heavy atom. The molecule has 6 nitrogen and oxygen atoms in total. The summed E-state index contributed by atoms with van der Waals surface area (Å²) in [5.41, 5.74) is 0.999. The number of nitrogens with zero attached hydrogens (tertiary/aromatic N) is 2. The number of carbonyl (C=O) groups excluding carboxylic acids is 1. The summed E-state index contributed by atoms with van der Waals surface area (Å²) < 4.78 is 19.1. The van der Waals surface area contributed by atoms with Gasteiger partial charge in [-0.25, -0.2) is 0 Å². The average molecular weight is 317 g/mol. The second-order valence-electron chi connectivity index (χ2n) is 4.74. The molecule has 1 atom stereocenters. The molecule has 1 aromatic carbocycles. The van der Waals surface area contributed by atoms with E-state index in [4.69, 9.17) is 9.15 Å². The van der Waals surface area contributed by atoms with E-state index in [1.807, 2.05) is 38.1 Å². The van der Waals surface area contributed by atoms with Gasteiger partial charge in [0.15, 0.2) is 17.0 Å². The minimum atomic E-state index is -0.281. The van der Waals surface area contributed by atoms with Gasteiger partial charge in [0.2, 0.25) is 0 Å². The molecule has 0 bridgehead atoms. The fraction of sp³-hybridized carbons (Fsp3) is 0.267. The van der Waals surface area contributed by atoms with Crippen LogP contribution in [0.5, 0.6) is 5.75 Å². The minimum absolute atomic E-state index is 0.272. The van der Waals surface area contributed by atoms with Crippen molar-refractivity contribution < 1.29 is 13.9 Å². The van der Waals surface area contributed by atoms with Crippen LogP contribution in [0.25, 0.3) is 11.0 Å². The monoisotopic (exact) mass is 317 g/mol. The van der Waals surface area contributed by atoms with Crippen molar-refractivity contribution in [2.75, 3.05) is 6.61 Å². The van der Waals surface area contributed by atoms with Gasteiger partial charge in [0.05, 0.1) is 30.6 Å². The van der Waals surface area contributed by atoms with Gasteiger partial charge in [-0.15, -0.1) is 0 Å². The maximum absolute atomic E-state index is 12.0. The molecule has 1 unspecified atom stereocenters. The van der Waals surface area contributed by atoms with Crippen molar-refractivity contribution in [2.45, 2.75) is 19.9 Å². The maximum atomic E-state index is 12.0. The van der Waals surface area contributed by atoms with E-state index < -0.39 is 0 Å². The zero-order chi connectivity index (χ0) is 15.5. The molecule has 0 aliphatic heterocycles. The summed E-state index contributed by atoms with van der Waals surface area (Å²) in [5, 5.41) is 3.78. The Morgan fingerprint density at radius 1 is 1.50 bits per heavy atom. The molecule has 0 fully saturated rings. The van der Waals surface area contributed by atoms with Crippen LogP contribution in [0.2, 0.25) is 0 Å². The Balaban J connectivity index is 1.83. The summed E-state index contributed by atoms with van der Waals surface area (Å²) in [6.07, 6.45) is 1.44. The van der Waals surface area contributed by atoms with Crippen LogP contribution in [0.3, 0.4) is 0 Å². The first-order valence-electron chi connectivity index (χ1n) is 6.92. The number of furan rings is 1. The first-order valence-corrected chi connectivity index (χ1v) is 7.65. The number of amides is 1. The third-order valence-electron chi connectivity index (χ3n) is 3.20. The highest BCUT2D eigenvalue weighted by Crippen LogP contribution is 2.31. The summed E-state index contributed by atoms with van der Waals surface area (Å²) >= 11 is 1.00. The van der Waals surface area contributed by atoms with Gasteiger partial charge in [-0.3, -0.25) is 4.79 Å². The first-order chi connectivity index (χ1) is 10.7. The van der Waals surface area contributed by atoms with Gasteiger partial charge in [0, 0.05) is 5.39 Å².